The van der Waals surface area contributed by atoms with Crippen LogP contribution in [0.1, 0.15) is 31.9 Å². The highest BCUT2D eigenvalue weighted by atomic mass is 79.9. The third kappa shape index (κ3) is 2.83. The zero-order valence-corrected chi connectivity index (χ0v) is 9.73. The monoisotopic (exact) mass is 259 g/mol. The summed E-state index contributed by atoms with van der Waals surface area (Å²) in [5.74, 6) is 0.185. The maximum Gasteiger partial charge on any atom is 0.266 e. The summed E-state index contributed by atoms with van der Waals surface area (Å²) in [4.78, 5) is 17.8. The minimum absolute atomic E-state index is 0.185. The van der Waals surface area contributed by atoms with Crippen LogP contribution in [0.2, 0.25) is 0 Å². The van der Waals surface area contributed by atoms with Crippen LogP contribution in [-0.4, -0.2) is 9.97 Å². The van der Waals surface area contributed by atoms with E-state index in [0.29, 0.717) is 4.47 Å². The highest BCUT2D eigenvalue weighted by molar-refractivity contribution is 9.10. The molecule has 1 aromatic rings. The van der Waals surface area contributed by atoms with Crippen LogP contribution in [0.4, 0.5) is 5.95 Å². The number of hydrogen-bond acceptors (Lipinski definition) is 3. The summed E-state index contributed by atoms with van der Waals surface area (Å²) in [5, 5.41) is 0. The van der Waals surface area contributed by atoms with Gasteiger partial charge in [-0.05, 0) is 28.8 Å². The molecule has 0 atom stereocenters. The van der Waals surface area contributed by atoms with Gasteiger partial charge in [-0.2, -0.15) is 0 Å². The summed E-state index contributed by atoms with van der Waals surface area (Å²) in [6.07, 6.45) is 4.12. The Morgan fingerprint density at radius 2 is 2.21 bits per heavy atom. The molecule has 14 heavy (non-hydrogen) atoms. The number of aryl methyl sites for hydroxylation is 1. The molecule has 5 heteroatoms. The molecule has 1 heterocycles. The van der Waals surface area contributed by atoms with Crippen LogP contribution < -0.4 is 11.3 Å². The lowest BCUT2D eigenvalue weighted by atomic mass is 10.1. The summed E-state index contributed by atoms with van der Waals surface area (Å²) >= 11 is 3.20. The van der Waals surface area contributed by atoms with Crippen LogP contribution >= 0.6 is 15.9 Å². The number of unbranched alkanes of at least 4 members (excludes halogenated alkanes) is 2. The molecule has 0 radical (unpaired) electrons. The second-order valence-electron chi connectivity index (χ2n) is 3.17. The van der Waals surface area contributed by atoms with Crippen molar-refractivity contribution in [3.05, 3.63) is 20.5 Å². The average molecular weight is 260 g/mol. The van der Waals surface area contributed by atoms with Crippen molar-refractivity contribution in [3.63, 3.8) is 0 Å². The lowest BCUT2D eigenvalue weighted by molar-refractivity contribution is 0.703. The van der Waals surface area contributed by atoms with E-state index in [1.165, 1.54) is 0 Å². The van der Waals surface area contributed by atoms with Gasteiger partial charge in [0.15, 0.2) is 0 Å². The number of hydrogen-bond donors (Lipinski definition) is 2. The van der Waals surface area contributed by atoms with Crippen LogP contribution in [0, 0.1) is 0 Å². The number of nitrogens with zero attached hydrogens (tertiary/aromatic N) is 1. The topological polar surface area (TPSA) is 71.8 Å². The normalized spacial score (nSPS) is 10.4. The maximum atomic E-state index is 11.3. The fraction of sp³-hybridized carbons (Fsp3) is 0.556. The minimum Gasteiger partial charge on any atom is -0.369 e. The number of aromatic amines is 1. The molecular weight excluding hydrogens is 246 g/mol. The molecule has 0 aliphatic carbocycles. The van der Waals surface area contributed by atoms with Gasteiger partial charge >= 0.3 is 0 Å². The molecule has 0 unspecified atom stereocenters. The second-order valence-corrected chi connectivity index (χ2v) is 3.96. The molecule has 0 fully saturated rings. The predicted molar refractivity (Wildman–Crippen MR) is 60.2 cm³/mol. The number of halogens is 1. The van der Waals surface area contributed by atoms with Gasteiger partial charge in [0, 0.05) is 0 Å². The lowest BCUT2D eigenvalue weighted by Gasteiger charge is -2.03. The van der Waals surface area contributed by atoms with Gasteiger partial charge in [0.1, 0.15) is 4.47 Å². The van der Waals surface area contributed by atoms with Crippen molar-refractivity contribution in [2.75, 3.05) is 5.73 Å². The fourth-order valence-electron chi connectivity index (χ4n) is 1.23. The number of rotatable bonds is 4. The first-order valence-electron chi connectivity index (χ1n) is 4.69. The van der Waals surface area contributed by atoms with E-state index in [1.54, 1.807) is 0 Å². The molecule has 0 aromatic carbocycles. The summed E-state index contributed by atoms with van der Waals surface area (Å²) < 4.78 is 0.503. The Balaban J connectivity index is 2.80. The summed E-state index contributed by atoms with van der Waals surface area (Å²) in [5.41, 5.74) is 5.99. The molecule has 0 spiro atoms. The number of H-pyrrole nitrogens is 1. The predicted octanol–water partition coefficient (Wildman–Crippen LogP) is 1.85. The third-order valence-corrected chi connectivity index (χ3v) is 2.78. The molecule has 0 saturated carbocycles. The molecule has 0 aliphatic heterocycles. The van der Waals surface area contributed by atoms with Gasteiger partial charge in [0.05, 0.1) is 5.69 Å². The van der Waals surface area contributed by atoms with E-state index in [4.69, 9.17) is 5.73 Å². The smallest absolute Gasteiger partial charge is 0.266 e. The summed E-state index contributed by atoms with van der Waals surface area (Å²) in [6, 6.07) is 0. The van der Waals surface area contributed by atoms with E-state index in [2.05, 4.69) is 32.8 Å². The molecule has 4 nitrogen and oxygen atoms in total. The maximum absolute atomic E-state index is 11.3. The summed E-state index contributed by atoms with van der Waals surface area (Å²) in [7, 11) is 0. The summed E-state index contributed by atoms with van der Waals surface area (Å²) in [6.45, 7) is 2.13. The van der Waals surface area contributed by atoms with E-state index >= 15 is 0 Å². The van der Waals surface area contributed by atoms with Crippen LogP contribution in [0.5, 0.6) is 0 Å². The Labute approximate surface area is 91.1 Å². The second kappa shape index (κ2) is 5.14. The van der Waals surface area contributed by atoms with Crippen molar-refractivity contribution in [1.82, 2.24) is 9.97 Å². The van der Waals surface area contributed by atoms with E-state index in [0.717, 1.165) is 31.4 Å². The van der Waals surface area contributed by atoms with Crippen LogP contribution in [0.25, 0.3) is 0 Å². The van der Waals surface area contributed by atoms with Gasteiger partial charge in [0.2, 0.25) is 5.95 Å². The number of aromatic nitrogens is 2. The average Bonchev–Trinajstić information content (AvgIpc) is 2.13. The van der Waals surface area contributed by atoms with Crippen LogP contribution in [0.15, 0.2) is 9.27 Å². The standard InChI is InChI=1S/C9H14BrN3O/c1-2-3-4-5-6-7(10)8(14)13-9(11)12-6/h2-5H2,1H3,(H3,11,12,13,14). The number of nitrogen functional groups attached to an aromatic ring is 1. The largest absolute Gasteiger partial charge is 0.369 e. The van der Waals surface area contributed by atoms with Crippen molar-refractivity contribution in [2.24, 2.45) is 0 Å². The Kier molecular flexibility index (Phi) is 4.13. The lowest BCUT2D eigenvalue weighted by Crippen LogP contribution is -2.14. The highest BCUT2D eigenvalue weighted by Crippen LogP contribution is 2.12. The number of nitrogens with one attached hydrogen (secondary N) is 1. The van der Waals surface area contributed by atoms with E-state index in [-0.39, 0.29) is 11.5 Å². The number of anilines is 1. The number of nitrogens with two attached hydrogens (primary N) is 1. The Morgan fingerprint density at radius 1 is 1.50 bits per heavy atom. The molecule has 0 aliphatic rings. The van der Waals surface area contributed by atoms with Crippen molar-refractivity contribution >= 4 is 21.9 Å². The van der Waals surface area contributed by atoms with Crippen molar-refractivity contribution in [1.29, 1.82) is 0 Å². The van der Waals surface area contributed by atoms with E-state index < -0.39 is 0 Å². The van der Waals surface area contributed by atoms with E-state index in [9.17, 15) is 4.79 Å². The van der Waals surface area contributed by atoms with Gasteiger partial charge in [0.25, 0.3) is 5.56 Å². The van der Waals surface area contributed by atoms with Gasteiger partial charge in [-0.1, -0.05) is 19.8 Å². The van der Waals surface area contributed by atoms with Crippen molar-refractivity contribution in [3.8, 4) is 0 Å². The van der Waals surface area contributed by atoms with E-state index in [1.807, 2.05) is 0 Å². The van der Waals surface area contributed by atoms with Gasteiger partial charge in [-0.25, -0.2) is 4.98 Å². The molecule has 78 valence electrons. The van der Waals surface area contributed by atoms with Gasteiger partial charge in [-0.15, -0.1) is 0 Å². The molecule has 0 amide bonds. The highest BCUT2D eigenvalue weighted by Gasteiger charge is 2.06. The molecule has 1 rings (SSSR count). The minimum atomic E-state index is -0.205. The molecular formula is C9H14BrN3O. The molecule has 1 aromatic heterocycles. The zero-order valence-electron chi connectivity index (χ0n) is 8.14. The van der Waals surface area contributed by atoms with Crippen molar-refractivity contribution < 1.29 is 0 Å². The molecule has 0 saturated heterocycles. The SMILES string of the molecule is CCCCCc1nc(N)[nH]c(=O)c1Br. The quantitative estimate of drug-likeness (QED) is 0.811. The van der Waals surface area contributed by atoms with Crippen LogP contribution in [-0.2, 0) is 6.42 Å². The molecule has 0 bridgehead atoms. The van der Waals surface area contributed by atoms with Gasteiger partial charge < -0.3 is 5.73 Å². The third-order valence-electron chi connectivity index (χ3n) is 1.97. The Hall–Kier alpha value is -0.840. The van der Waals surface area contributed by atoms with Crippen molar-refractivity contribution in [2.45, 2.75) is 32.6 Å². The fourth-order valence-corrected chi connectivity index (χ4v) is 1.62. The van der Waals surface area contributed by atoms with Gasteiger partial charge in [-0.3, -0.25) is 9.78 Å². The zero-order chi connectivity index (χ0) is 10.6. The first-order chi connectivity index (χ1) is 6.65. The molecule has 3 N–H and O–H groups in total. The Morgan fingerprint density at radius 3 is 2.86 bits per heavy atom. The first kappa shape index (κ1) is 11.2. The first-order valence-corrected chi connectivity index (χ1v) is 5.48. The Bertz CT molecular complexity index is 362. The van der Waals surface area contributed by atoms with Crippen LogP contribution in [0.3, 0.4) is 0 Å².